The number of carbonyl (C=O) groups excluding carboxylic acids is 1. The van der Waals surface area contributed by atoms with Crippen molar-refractivity contribution in [3.05, 3.63) is 23.8 Å². The van der Waals surface area contributed by atoms with Crippen molar-refractivity contribution in [1.82, 2.24) is 9.80 Å². The van der Waals surface area contributed by atoms with Crippen LogP contribution in [-0.4, -0.2) is 61.6 Å². The molecule has 0 aromatic heterocycles. The second kappa shape index (κ2) is 7.19. The number of ether oxygens (including phenoxy) is 2. The van der Waals surface area contributed by atoms with E-state index in [1.165, 1.54) is 0 Å². The Morgan fingerprint density at radius 1 is 1.17 bits per heavy atom. The highest BCUT2D eigenvalue weighted by molar-refractivity contribution is 5.85. The lowest BCUT2D eigenvalue weighted by atomic mass is 10.0. The third-order valence-electron chi connectivity index (χ3n) is 4.09. The van der Waals surface area contributed by atoms with Crippen LogP contribution in [0.25, 0.3) is 0 Å². The van der Waals surface area contributed by atoms with E-state index in [2.05, 4.69) is 4.90 Å². The van der Waals surface area contributed by atoms with Gasteiger partial charge in [-0.05, 0) is 32.0 Å². The largest absolute Gasteiger partial charge is 0.497 e. The van der Waals surface area contributed by atoms with E-state index in [0.29, 0.717) is 13.1 Å². The number of hydrogen-bond acceptors (Lipinski definition) is 5. The molecule has 0 radical (unpaired) electrons. The number of hydrogen-bond donors (Lipinski definition) is 1. The van der Waals surface area contributed by atoms with E-state index in [9.17, 15) is 4.79 Å². The molecule has 128 valence electrons. The van der Waals surface area contributed by atoms with Gasteiger partial charge < -0.3 is 20.1 Å². The van der Waals surface area contributed by atoms with Crippen molar-refractivity contribution in [3.8, 4) is 11.5 Å². The van der Waals surface area contributed by atoms with E-state index in [0.717, 1.165) is 36.7 Å². The summed E-state index contributed by atoms with van der Waals surface area (Å²) in [5.74, 6) is 1.68. The quantitative estimate of drug-likeness (QED) is 0.879. The molecule has 6 nitrogen and oxygen atoms in total. The number of piperazine rings is 1. The molecule has 6 heteroatoms. The van der Waals surface area contributed by atoms with Crippen LogP contribution < -0.4 is 15.2 Å². The Morgan fingerprint density at radius 2 is 1.83 bits per heavy atom. The molecule has 23 heavy (non-hydrogen) atoms. The summed E-state index contributed by atoms with van der Waals surface area (Å²) < 4.78 is 10.7. The van der Waals surface area contributed by atoms with Gasteiger partial charge >= 0.3 is 0 Å². The number of methoxy groups -OCH3 is 2. The number of nitrogens with two attached hydrogens (primary N) is 1. The van der Waals surface area contributed by atoms with Crippen LogP contribution in [0.3, 0.4) is 0 Å². The van der Waals surface area contributed by atoms with Crippen molar-refractivity contribution in [2.45, 2.75) is 25.9 Å². The summed E-state index contributed by atoms with van der Waals surface area (Å²) in [5.41, 5.74) is 6.18. The highest BCUT2D eigenvalue weighted by Gasteiger charge is 2.30. The SMILES string of the molecule is COc1ccc(OC)c(CN2CCN(C(=O)C(C)(C)N)CC2)c1. The zero-order valence-corrected chi connectivity index (χ0v) is 14.5. The molecule has 0 saturated carbocycles. The van der Waals surface area contributed by atoms with Gasteiger partial charge in [-0.1, -0.05) is 0 Å². The Kier molecular flexibility index (Phi) is 5.49. The van der Waals surface area contributed by atoms with Crippen molar-refractivity contribution in [3.63, 3.8) is 0 Å². The average molecular weight is 321 g/mol. The van der Waals surface area contributed by atoms with Crippen LogP contribution in [0.1, 0.15) is 19.4 Å². The van der Waals surface area contributed by atoms with Crippen LogP contribution in [0.2, 0.25) is 0 Å². The van der Waals surface area contributed by atoms with Crippen LogP contribution in [0.15, 0.2) is 18.2 Å². The topological polar surface area (TPSA) is 68.0 Å². The van der Waals surface area contributed by atoms with Crippen LogP contribution in [0.4, 0.5) is 0 Å². The van der Waals surface area contributed by atoms with Gasteiger partial charge in [-0.25, -0.2) is 0 Å². The highest BCUT2D eigenvalue weighted by Crippen LogP contribution is 2.25. The standard InChI is InChI=1S/C17H27N3O3/c1-17(2,18)16(21)20-9-7-19(8-10-20)12-13-11-14(22-3)5-6-15(13)23-4/h5-6,11H,7-10,12,18H2,1-4H3. The van der Waals surface area contributed by atoms with Crippen LogP contribution >= 0.6 is 0 Å². The lowest BCUT2D eigenvalue weighted by molar-refractivity contribution is -0.137. The number of benzene rings is 1. The minimum absolute atomic E-state index is 0.0103. The first-order valence-electron chi connectivity index (χ1n) is 7.86. The number of rotatable bonds is 5. The fourth-order valence-corrected chi connectivity index (χ4v) is 2.76. The van der Waals surface area contributed by atoms with Gasteiger partial charge in [0.25, 0.3) is 0 Å². The summed E-state index contributed by atoms with van der Waals surface area (Å²) in [6.45, 7) is 7.32. The molecule has 1 aromatic rings. The minimum Gasteiger partial charge on any atom is -0.497 e. The molecule has 0 spiro atoms. The molecular formula is C17H27N3O3. The Bertz CT molecular complexity index is 547. The zero-order chi connectivity index (χ0) is 17.0. The molecule has 1 aromatic carbocycles. The fourth-order valence-electron chi connectivity index (χ4n) is 2.76. The van der Waals surface area contributed by atoms with Gasteiger partial charge in [0.15, 0.2) is 0 Å². The van der Waals surface area contributed by atoms with E-state index in [1.807, 2.05) is 23.1 Å². The number of amides is 1. The van der Waals surface area contributed by atoms with Gasteiger partial charge in [-0.2, -0.15) is 0 Å². The fraction of sp³-hybridized carbons (Fsp3) is 0.588. The van der Waals surface area contributed by atoms with Gasteiger partial charge in [0.05, 0.1) is 19.8 Å². The molecule has 1 heterocycles. The van der Waals surface area contributed by atoms with Gasteiger partial charge in [0.1, 0.15) is 11.5 Å². The monoisotopic (exact) mass is 321 g/mol. The van der Waals surface area contributed by atoms with E-state index < -0.39 is 5.54 Å². The maximum atomic E-state index is 12.2. The molecule has 0 atom stereocenters. The van der Waals surface area contributed by atoms with Crippen LogP contribution in [0, 0.1) is 0 Å². The van der Waals surface area contributed by atoms with Crippen LogP contribution in [0.5, 0.6) is 11.5 Å². The summed E-state index contributed by atoms with van der Waals surface area (Å²) in [4.78, 5) is 16.4. The lowest BCUT2D eigenvalue weighted by Crippen LogP contribution is -2.56. The maximum absolute atomic E-state index is 12.2. The lowest BCUT2D eigenvalue weighted by Gasteiger charge is -2.37. The summed E-state index contributed by atoms with van der Waals surface area (Å²) in [5, 5.41) is 0. The van der Waals surface area contributed by atoms with E-state index >= 15 is 0 Å². The van der Waals surface area contributed by atoms with Gasteiger partial charge in [0, 0.05) is 38.3 Å². The smallest absolute Gasteiger partial charge is 0.242 e. The summed E-state index contributed by atoms with van der Waals surface area (Å²) in [6, 6.07) is 5.81. The average Bonchev–Trinajstić information content (AvgIpc) is 2.54. The Balaban J connectivity index is 1.98. The zero-order valence-electron chi connectivity index (χ0n) is 14.5. The highest BCUT2D eigenvalue weighted by atomic mass is 16.5. The Hall–Kier alpha value is -1.79. The molecular weight excluding hydrogens is 294 g/mol. The van der Waals surface area contributed by atoms with Crippen molar-refractivity contribution >= 4 is 5.91 Å². The summed E-state index contributed by atoms with van der Waals surface area (Å²) in [6.07, 6.45) is 0. The van der Waals surface area contributed by atoms with Crippen molar-refractivity contribution in [1.29, 1.82) is 0 Å². The molecule has 1 aliphatic heterocycles. The molecule has 2 N–H and O–H groups in total. The van der Waals surface area contributed by atoms with Crippen LogP contribution in [-0.2, 0) is 11.3 Å². The third kappa shape index (κ3) is 4.36. The van der Waals surface area contributed by atoms with E-state index in [-0.39, 0.29) is 5.91 Å². The summed E-state index contributed by atoms with van der Waals surface area (Å²) >= 11 is 0. The minimum atomic E-state index is -0.807. The molecule has 1 saturated heterocycles. The number of nitrogens with zero attached hydrogens (tertiary/aromatic N) is 2. The molecule has 2 rings (SSSR count). The Labute approximate surface area is 138 Å². The van der Waals surface area contributed by atoms with Gasteiger partial charge in [-0.3, -0.25) is 9.69 Å². The normalized spacial score (nSPS) is 16.3. The van der Waals surface area contributed by atoms with E-state index in [4.69, 9.17) is 15.2 Å². The predicted octanol–water partition coefficient (Wildman–Crippen LogP) is 1.09. The molecule has 0 bridgehead atoms. The third-order valence-corrected chi connectivity index (χ3v) is 4.09. The first-order chi connectivity index (χ1) is 10.8. The van der Waals surface area contributed by atoms with Crippen molar-refractivity contribution in [2.24, 2.45) is 5.73 Å². The predicted molar refractivity (Wildman–Crippen MR) is 89.7 cm³/mol. The Morgan fingerprint density at radius 3 is 2.35 bits per heavy atom. The first kappa shape index (κ1) is 17.6. The van der Waals surface area contributed by atoms with Crippen molar-refractivity contribution in [2.75, 3.05) is 40.4 Å². The van der Waals surface area contributed by atoms with E-state index in [1.54, 1.807) is 28.1 Å². The maximum Gasteiger partial charge on any atom is 0.242 e. The molecule has 0 aliphatic carbocycles. The first-order valence-corrected chi connectivity index (χ1v) is 7.86. The van der Waals surface area contributed by atoms with Crippen molar-refractivity contribution < 1.29 is 14.3 Å². The molecule has 1 amide bonds. The van der Waals surface area contributed by atoms with Gasteiger partial charge in [-0.15, -0.1) is 0 Å². The molecule has 1 aliphatic rings. The molecule has 0 unspecified atom stereocenters. The second-order valence-electron chi connectivity index (χ2n) is 6.47. The summed E-state index contributed by atoms with van der Waals surface area (Å²) in [7, 11) is 3.33. The van der Waals surface area contributed by atoms with Gasteiger partial charge in [0.2, 0.25) is 5.91 Å². The molecule has 1 fully saturated rings. The second-order valence-corrected chi connectivity index (χ2v) is 6.47. The number of carbonyl (C=O) groups is 1.